The van der Waals surface area contributed by atoms with Gasteiger partial charge in [-0.05, 0) is 25.1 Å². The van der Waals surface area contributed by atoms with E-state index in [1.165, 1.54) is 17.7 Å². The number of thiophene rings is 1. The molecule has 2 aromatic rings. The molecule has 21 heavy (non-hydrogen) atoms. The summed E-state index contributed by atoms with van der Waals surface area (Å²) in [6.07, 6.45) is 1.66. The van der Waals surface area contributed by atoms with Gasteiger partial charge in [0.05, 0.1) is 0 Å². The monoisotopic (exact) mass is 330 g/mol. The molecule has 0 fully saturated rings. The minimum Gasteiger partial charge on any atom is -0.340 e. The molecule has 0 unspecified atom stereocenters. The van der Waals surface area contributed by atoms with Gasteiger partial charge in [0, 0.05) is 24.4 Å². The van der Waals surface area contributed by atoms with Crippen LogP contribution in [0.5, 0.6) is 0 Å². The average Bonchev–Trinajstić information content (AvgIpc) is 3.06. The van der Waals surface area contributed by atoms with Gasteiger partial charge in [-0.3, -0.25) is 0 Å². The highest BCUT2D eigenvalue weighted by Crippen LogP contribution is 2.25. The maximum absolute atomic E-state index is 12.2. The van der Waals surface area contributed by atoms with E-state index in [2.05, 4.69) is 20.2 Å². The van der Waals surface area contributed by atoms with Crippen molar-refractivity contribution in [2.24, 2.45) is 0 Å². The molecule has 2 aromatic heterocycles. The number of hydrogen-bond donors (Lipinski definition) is 2. The summed E-state index contributed by atoms with van der Waals surface area (Å²) in [5.74, 6) is 0.410. The van der Waals surface area contributed by atoms with Crippen LogP contribution in [0.3, 0.4) is 0 Å². The van der Waals surface area contributed by atoms with Crippen LogP contribution in [0.4, 0.5) is 0 Å². The lowest BCUT2D eigenvalue weighted by Crippen LogP contribution is -2.25. The molecule has 2 heterocycles. The molecule has 0 aliphatic carbocycles. The zero-order chi connectivity index (χ0) is 15.3. The predicted molar refractivity (Wildman–Crippen MR) is 79.6 cm³/mol. The van der Waals surface area contributed by atoms with E-state index in [1.54, 1.807) is 6.07 Å². The third-order valence-corrected chi connectivity index (χ3v) is 6.01. The van der Waals surface area contributed by atoms with E-state index in [4.69, 9.17) is 4.52 Å². The van der Waals surface area contributed by atoms with E-state index < -0.39 is 10.0 Å². The van der Waals surface area contributed by atoms with E-state index in [0.717, 1.165) is 17.0 Å². The molecule has 0 saturated carbocycles. The van der Waals surface area contributed by atoms with Gasteiger partial charge in [0.1, 0.15) is 4.21 Å². The van der Waals surface area contributed by atoms with E-state index in [-0.39, 0.29) is 6.54 Å². The standard InChI is InChI=1S/C12H18N4O3S2/c1-3-13-7-10-9(2)6-12(20-10)21(17,18)16-5-4-11-14-8-15-19-11/h6,8,13,16H,3-5,7H2,1-2H3. The summed E-state index contributed by atoms with van der Waals surface area (Å²) < 4.78 is 32.1. The molecule has 2 N–H and O–H groups in total. The predicted octanol–water partition coefficient (Wildman–Crippen LogP) is 1.07. The van der Waals surface area contributed by atoms with Crippen molar-refractivity contribution in [2.45, 2.75) is 31.0 Å². The van der Waals surface area contributed by atoms with Gasteiger partial charge in [0.15, 0.2) is 6.33 Å². The third-order valence-electron chi connectivity index (χ3n) is 2.84. The van der Waals surface area contributed by atoms with Crippen molar-refractivity contribution in [3.05, 3.63) is 28.7 Å². The van der Waals surface area contributed by atoms with E-state index >= 15 is 0 Å². The summed E-state index contributed by atoms with van der Waals surface area (Å²) in [4.78, 5) is 4.88. The Morgan fingerprint density at radius 1 is 1.43 bits per heavy atom. The van der Waals surface area contributed by atoms with Crippen LogP contribution in [-0.4, -0.2) is 31.6 Å². The highest BCUT2D eigenvalue weighted by molar-refractivity contribution is 7.91. The first kappa shape index (κ1) is 16.1. The first-order valence-electron chi connectivity index (χ1n) is 6.58. The second-order valence-electron chi connectivity index (χ2n) is 4.43. The minimum absolute atomic E-state index is 0.226. The number of nitrogens with zero attached hydrogens (tertiary/aromatic N) is 2. The Morgan fingerprint density at radius 2 is 2.24 bits per heavy atom. The van der Waals surface area contributed by atoms with Crippen molar-refractivity contribution in [3.63, 3.8) is 0 Å². The Hall–Kier alpha value is -1.29. The Labute approximate surface area is 127 Å². The Bertz CT molecular complexity index is 665. The lowest BCUT2D eigenvalue weighted by atomic mass is 10.3. The SMILES string of the molecule is CCNCc1sc(S(=O)(=O)NCCc2ncno2)cc1C. The zero-order valence-electron chi connectivity index (χ0n) is 11.9. The molecule has 0 aliphatic heterocycles. The van der Waals surface area contributed by atoms with Crippen LogP contribution >= 0.6 is 11.3 Å². The fourth-order valence-electron chi connectivity index (χ4n) is 1.70. The van der Waals surface area contributed by atoms with Gasteiger partial charge in [-0.25, -0.2) is 13.1 Å². The molecule has 0 radical (unpaired) electrons. The highest BCUT2D eigenvalue weighted by atomic mass is 32.2. The lowest BCUT2D eigenvalue weighted by molar-refractivity contribution is 0.377. The summed E-state index contributed by atoms with van der Waals surface area (Å²) >= 11 is 1.29. The van der Waals surface area contributed by atoms with Gasteiger partial charge in [0.25, 0.3) is 0 Å². The van der Waals surface area contributed by atoms with Gasteiger partial charge in [-0.2, -0.15) is 4.98 Å². The molecule has 0 spiro atoms. The van der Waals surface area contributed by atoms with Crippen molar-refractivity contribution >= 4 is 21.4 Å². The van der Waals surface area contributed by atoms with Crippen LogP contribution < -0.4 is 10.0 Å². The molecule has 0 saturated heterocycles. The molecule has 7 nitrogen and oxygen atoms in total. The minimum atomic E-state index is -3.49. The first-order chi connectivity index (χ1) is 10.0. The second-order valence-corrected chi connectivity index (χ2v) is 7.57. The van der Waals surface area contributed by atoms with Crippen LogP contribution in [0.2, 0.25) is 0 Å². The van der Waals surface area contributed by atoms with Crippen molar-refractivity contribution in [2.75, 3.05) is 13.1 Å². The number of sulfonamides is 1. The van der Waals surface area contributed by atoms with E-state index in [0.29, 0.717) is 23.1 Å². The van der Waals surface area contributed by atoms with Crippen LogP contribution in [0.15, 0.2) is 21.1 Å². The summed E-state index contributed by atoms with van der Waals surface area (Å²) in [6.45, 7) is 5.69. The molecule has 0 amide bonds. The average molecular weight is 330 g/mol. The topological polar surface area (TPSA) is 97.1 Å². The fourth-order valence-corrected chi connectivity index (χ4v) is 4.34. The lowest BCUT2D eigenvalue weighted by Gasteiger charge is -2.02. The van der Waals surface area contributed by atoms with Crippen molar-refractivity contribution in [3.8, 4) is 0 Å². The van der Waals surface area contributed by atoms with Crippen molar-refractivity contribution in [1.29, 1.82) is 0 Å². The molecule has 116 valence electrons. The molecule has 2 rings (SSSR count). The molecule has 9 heteroatoms. The zero-order valence-corrected chi connectivity index (χ0v) is 13.6. The van der Waals surface area contributed by atoms with Gasteiger partial charge < -0.3 is 9.84 Å². The number of rotatable bonds is 8. The van der Waals surface area contributed by atoms with Crippen LogP contribution in [0.25, 0.3) is 0 Å². The number of hydrogen-bond acceptors (Lipinski definition) is 7. The molecular weight excluding hydrogens is 312 g/mol. The highest BCUT2D eigenvalue weighted by Gasteiger charge is 2.18. The second kappa shape index (κ2) is 7.12. The summed E-state index contributed by atoms with van der Waals surface area (Å²) in [7, 11) is -3.49. The number of nitrogens with one attached hydrogen (secondary N) is 2. The summed E-state index contributed by atoms with van der Waals surface area (Å²) in [5, 5.41) is 6.67. The van der Waals surface area contributed by atoms with E-state index in [1.807, 2.05) is 13.8 Å². The maximum atomic E-state index is 12.2. The Balaban J connectivity index is 1.98. The normalized spacial score (nSPS) is 11.9. The quantitative estimate of drug-likeness (QED) is 0.751. The summed E-state index contributed by atoms with van der Waals surface area (Å²) in [5.41, 5.74) is 0.984. The number of aryl methyl sites for hydroxylation is 1. The van der Waals surface area contributed by atoms with Gasteiger partial charge in [-0.1, -0.05) is 12.1 Å². The maximum Gasteiger partial charge on any atom is 0.250 e. The number of aromatic nitrogens is 2. The third kappa shape index (κ3) is 4.34. The molecule has 0 aliphatic rings. The molecule has 0 bridgehead atoms. The summed E-state index contributed by atoms with van der Waals surface area (Å²) in [6, 6.07) is 1.70. The molecule has 0 aromatic carbocycles. The van der Waals surface area contributed by atoms with Crippen LogP contribution in [0.1, 0.15) is 23.3 Å². The van der Waals surface area contributed by atoms with Gasteiger partial charge in [-0.15, -0.1) is 11.3 Å². The largest absolute Gasteiger partial charge is 0.340 e. The molecular formula is C12H18N4O3S2. The fraction of sp³-hybridized carbons (Fsp3) is 0.500. The van der Waals surface area contributed by atoms with Crippen LogP contribution in [0, 0.1) is 6.92 Å². The van der Waals surface area contributed by atoms with Gasteiger partial charge >= 0.3 is 0 Å². The Morgan fingerprint density at radius 3 is 2.90 bits per heavy atom. The van der Waals surface area contributed by atoms with Crippen LogP contribution in [-0.2, 0) is 23.0 Å². The van der Waals surface area contributed by atoms with Crippen molar-refractivity contribution in [1.82, 2.24) is 20.2 Å². The Kier molecular flexibility index (Phi) is 5.45. The molecule has 0 atom stereocenters. The van der Waals surface area contributed by atoms with E-state index in [9.17, 15) is 8.42 Å². The first-order valence-corrected chi connectivity index (χ1v) is 8.88. The van der Waals surface area contributed by atoms with Gasteiger partial charge in [0.2, 0.25) is 15.9 Å². The van der Waals surface area contributed by atoms with Crippen molar-refractivity contribution < 1.29 is 12.9 Å². The smallest absolute Gasteiger partial charge is 0.250 e.